The fourth-order valence-electron chi connectivity index (χ4n) is 1.56. The molecule has 1 rings (SSSR count). The molecule has 21 heavy (non-hydrogen) atoms. The number of hydrogen-bond acceptors (Lipinski definition) is 5. The van der Waals surface area contributed by atoms with Crippen LogP contribution in [0.5, 0.6) is 5.75 Å². The first-order valence-corrected chi connectivity index (χ1v) is 7.48. The van der Waals surface area contributed by atoms with Crippen molar-refractivity contribution in [1.82, 2.24) is 4.72 Å². The molecule has 0 aliphatic heterocycles. The van der Waals surface area contributed by atoms with Crippen molar-refractivity contribution in [3.05, 3.63) is 24.3 Å². The summed E-state index contributed by atoms with van der Waals surface area (Å²) in [7, 11) is -2.48. The van der Waals surface area contributed by atoms with Gasteiger partial charge in [-0.1, -0.05) is 0 Å². The Balaban J connectivity index is 2.89. The Morgan fingerprint density at radius 1 is 1.24 bits per heavy atom. The summed E-state index contributed by atoms with van der Waals surface area (Å²) in [6.07, 6.45) is -0.251. The highest BCUT2D eigenvalue weighted by molar-refractivity contribution is 7.89. The molecule has 0 unspecified atom stereocenters. The summed E-state index contributed by atoms with van der Waals surface area (Å²) < 4.78 is 31.3. The second kappa shape index (κ2) is 7.04. The summed E-state index contributed by atoms with van der Waals surface area (Å²) in [6.45, 7) is 0. The van der Waals surface area contributed by atoms with Crippen LogP contribution in [0.15, 0.2) is 29.2 Å². The van der Waals surface area contributed by atoms with E-state index in [0.29, 0.717) is 5.75 Å². The summed E-state index contributed by atoms with van der Waals surface area (Å²) in [5.41, 5.74) is 10.1. The zero-order valence-corrected chi connectivity index (χ0v) is 12.2. The fourth-order valence-corrected chi connectivity index (χ4v) is 2.80. The smallest absolute Gasteiger partial charge is 0.241 e. The molecule has 0 aliphatic rings. The van der Waals surface area contributed by atoms with E-state index in [2.05, 4.69) is 4.72 Å². The van der Waals surface area contributed by atoms with Gasteiger partial charge in [0.05, 0.1) is 12.0 Å². The van der Waals surface area contributed by atoms with Gasteiger partial charge < -0.3 is 16.2 Å². The van der Waals surface area contributed by atoms with Crippen molar-refractivity contribution in [2.45, 2.75) is 23.8 Å². The van der Waals surface area contributed by atoms with Gasteiger partial charge in [0.25, 0.3) is 0 Å². The lowest BCUT2D eigenvalue weighted by Crippen LogP contribution is -2.44. The van der Waals surface area contributed by atoms with E-state index in [0.717, 1.165) is 0 Å². The van der Waals surface area contributed by atoms with Gasteiger partial charge in [-0.2, -0.15) is 4.72 Å². The van der Waals surface area contributed by atoms with Gasteiger partial charge in [0.1, 0.15) is 11.8 Å². The van der Waals surface area contributed by atoms with E-state index in [1.807, 2.05) is 0 Å². The minimum atomic E-state index is -3.94. The maximum absolute atomic E-state index is 12.1. The monoisotopic (exact) mass is 315 g/mol. The standard InChI is InChI=1S/C12H17N3O5S/c1-20-8-2-4-9(5-3-8)21(18,19)15-10(12(14)17)6-7-11(13)16/h2-5,10,15H,6-7H2,1H3,(H2,13,16)(H2,14,17)/t10-/m0/s1. The highest BCUT2D eigenvalue weighted by atomic mass is 32.2. The minimum absolute atomic E-state index is 0.0476. The van der Waals surface area contributed by atoms with Crippen molar-refractivity contribution in [3.8, 4) is 5.75 Å². The van der Waals surface area contributed by atoms with E-state index in [4.69, 9.17) is 16.2 Å². The highest BCUT2D eigenvalue weighted by Crippen LogP contribution is 2.16. The van der Waals surface area contributed by atoms with Gasteiger partial charge in [0.2, 0.25) is 21.8 Å². The molecule has 0 saturated heterocycles. The van der Waals surface area contributed by atoms with Crippen molar-refractivity contribution in [1.29, 1.82) is 0 Å². The molecule has 0 aromatic heterocycles. The number of methoxy groups -OCH3 is 1. The van der Waals surface area contributed by atoms with Gasteiger partial charge in [-0.05, 0) is 30.7 Å². The molecule has 1 atom stereocenters. The SMILES string of the molecule is COc1ccc(S(=O)(=O)N[C@@H](CCC(N)=O)C(N)=O)cc1. The molecular weight excluding hydrogens is 298 g/mol. The van der Waals surface area contributed by atoms with Gasteiger partial charge >= 0.3 is 0 Å². The zero-order valence-electron chi connectivity index (χ0n) is 11.4. The topological polar surface area (TPSA) is 142 Å². The third-order valence-electron chi connectivity index (χ3n) is 2.69. The average Bonchev–Trinajstić information content (AvgIpc) is 2.43. The Bertz CT molecular complexity index is 612. The molecule has 116 valence electrons. The maximum Gasteiger partial charge on any atom is 0.241 e. The van der Waals surface area contributed by atoms with Crippen LogP contribution in [0.4, 0.5) is 0 Å². The van der Waals surface area contributed by atoms with E-state index in [1.54, 1.807) is 0 Å². The first-order valence-electron chi connectivity index (χ1n) is 6.00. The Labute approximate surface area is 122 Å². The number of carbonyl (C=O) groups is 2. The number of nitrogens with one attached hydrogen (secondary N) is 1. The molecule has 0 fully saturated rings. The largest absolute Gasteiger partial charge is 0.497 e. The molecular formula is C12H17N3O5S. The van der Waals surface area contributed by atoms with Crippen molar-refractivity contribution < 1.29 is 22.7 Å². The first-order chi connectivity index (χ1) is 9.76. The molecule has 0 heterocycles. The van der Waals surface area contributed by atoms with Crippen LogP contribution in [-0.4, -0.2) is 33.4 Å². The number of carbonyl (C=O) groups excluding carboxylic acids is 2. The Kier molecular flexibility index (Phi) is 5.68. The van der Waals surface area contributed by atoms with Crippen molar-refractivity contribution in [2.24, 2.45) is 11.5 Å². The number of sulfonamides is 1. The third-order valence-corrected chi connectivity index (χ3v) is 4.18. The molecule has 0 radical (unpaired) electrons. The molecule has 0 bridgehead atoms. The summed E-state index contributed by atoms with van der Waals surface area (Å²) in [6, 6.07) is 4.39. The summed E-state index contributed by atoms with van der Waals surface area (Å²) in [4.78, 5) is 21.9. The average molecular weight is 315 g/mol. The normalized spacial score (nSPS) is 12.6. The molecule has 0 aliphatic carbocycles. The first kappa shape index (κ1) is 16.9. The lowest BCUT2D eigenvalue weighted by molar-refractivity contribution is -0.120. The van der Waals surface area contributed by atoms with Crippen LogP contribution in [0.3, 0.4) is 0 Å². The molecule has 8 nitrogen and oxygen atoms in total. The number of hydrogen-bond donors (Lipinski definition) is 3. The molecule has 5 N–H and O–H groups in total. The number of rotatable bonds is 8. The van der Waals surface area contributed by atoms with Crippen LogP contribution in [0.25, 0.3) is 0 Å². The van der Waals surface area contributed by atoms with Crippen LogP contribution in [-0.2, 0) is 19.6 Å². The summed E-state index contributed by atoms with van der Waals surface area (Å²) in [5.74, 6) is -1.03. The molecule has 0 spiro atoms. The number of nitrogens with two attached hydrogens (primary N) is 2. The maximum atomic E-state index is 12.1. The Hall–Kier alpha value is -2.13. The van der Waals surface area contributed by atoms with Crippen LogP contribution in [0.2, 0.25) is 0 Å². The highest BCUT2D eigenvalue weighted by Gasteiger charge is 2.24. The molecule has 2 amide bonds. The summed E-state index contributed by atoms with van der Waals surface area (Å²) >= 11 is 0. The molecule has 0 saturated carbocycles. The Morgan fingerprint density at radius 2 is 1.81 bits per heavy atom. The van der Waals surface area contributed by atoms with Crippen molar-refractivity contribution in [3.63, 3.8) is 0 Å². The number of ether oxygens (including phenoxy) is 1. The van der Waals surface area contributed by atoms with Gasteiger partial charge in [0.15, 0.2) is 0 Å². The van der Waals surface area contributed by atoms with Crippen LogP contribution in [0, 0.1) is 0 Å². The molecule has 1 aromatic rings. The van der Waals surface area contributed by atoms with Crippen LogP contribution >= 0.6 is 0 Å². The third kappa shape index (κ3) is 5.04. The lowest BCUT2D eigenvalue weighted by Gasteiger charge is -2.15. The number of amides is 2. The quantitative estimate of drug-likeness (QED) is 0.569. The van der Waals surface area contributed by atoms with E-state index >= 15 is 0 Å². The lowest BCUT2D eigenvalue weighted by atomic mass is 10.1. The fraction of sp³-hybridized carbons (Fsp3) is 0.333. The molecule has 9 heteroatoms. The predicted molar refractivity (Wildman–Crippen MR) is 74.7 cm³/mol. The van der Waals surface area contributed by atoms with Gasteiger partial charge in [-0.3, -0.25) is 9.59 Å². The van der Waals surface area contributed by atoms with Gasteiger partial charge in [-0.25, -0.2) is 8.42 Å². The Morgan fingerprint density at radius 3 is 2.24 bits per heavy atom. The van der Waals surface area contributed by atoms with Crippen molar-refractivity contribution >= 4 is 21.8 Å². The second-order valence-corrected chi connectivity index (χ2v) is 5.97. The zero-order chi connectivity index (χ0) is 16.0. The number of primary amides is 2. The van der Waals surface area contributed by atoms with E-state index in [-0.39, 0.29) is 17.7 Å². The second-order valence-electron chi connectivity index (χ2n) is 4.26. The number of benzene rings is 1. The van der Waals surface area contributed by atoms with Crippen molar-refractivity contribution in [2.75, 3.05) is 7.11 Å². The van der Waals surface area contributed by atoms with E-state index in [1.165, 1.54) is 31.4 Å². The van der Waals surface area contributed by atoms with Crippen LogP contribution < -0.4 is 20.9 Å². The van der Waals surface area contributed by atoms with Crippen LogP contribution in [0.1, 0.15) is 12.8 Å². The van der Waals surface area contributed by atoms with E-state index in [9.17, 15) is 18.0 Å². The molecule has 1 aromatic carbocycles. The van der Waals surface area contributed by atoms with E-state index < -0.39 is 27.9 Å². The van der Waals surface area contributed by atoms with Gasteiger partial charge in [-0.15, -0.1) is 0 Å². The summed E-state index contributed by atoms with van der Waals surface area (Å²) in [5, 5.41) is 0. The van der Waals surface area contributed by atoms with Gasteiger partial charge in [0, 0.05) is 6.42 Å². The predicted octanol–water partition coefficient (Wildman–Crippen LogP) is -0.907. The minimum Gasteiger partial charge on any atom is -0.497 e.